The number of rotatable bonds is 4. The third kappa shape index (κ3) is 3.59. The Kier molecular flexibility index (Phi) is 5.08. The van der Waals surface area contributed by atoms with Crippen LogP contribution in [-0.2, 0) is 6.54 Å². The first-order valence-electron chi connectivity index (χ1n) is 9.50. The lowest BCUT2D eigenvalue weighted by Crippen LogP contribution is -2.24. The van der Waals surface area contributed by atoms with Crippen LogP contribution in [0, 0.1) is 0 Å². The number of benzene rings is 1. The largest absolute Gasteiger partial charge is 0.504 e. The van der Waals surface area contributed by atoms with Gasteiger partial charge >= 0.3 is 0 Å². The predicted octanol–water partition coefficient (Wildman–Crippen LogP) is 4.31. The van der Waals surface area contributed by atoms with E-state index >= 15 is 0 Å². The molecule has 0 atom stereocenters. The lowest BCUT2D eigenvalue weighted by atomic mass is 10.1. The summed E-state index contributed by atoms with van der Waals surface area (Å²) >= 11 is 12.1. The van der Waals surface area contributed by atoms with Crippen LogP contribution in [0.3, 0.4) is 0 Å². The molecule has 5 aromatic rings. The van der Waals surface area contributed by atoms with E-state index in [0.29, 0.717) is 38.0 Å². The number of nitrogens with one attached hydrogen (secondary N) is 1. The summed E-state index contributed by atoms with van der Waals surface area (Å²) in [5.74, 6) is -0.517. The van der Waals surface area contributed by atoms with Gasteiger partial charge in [0.2, 0.25) is 0 Å². The maximum absolute atomic E-state index is 13.0. The number of hydrogen-bond donors (Lipinski definition) is 2. The van der Waals surface area contributed by atoms with E-state index < -0.39 is 5.91 Å². The Labute approximate surface area is 191 Å². The van der Waals surface area contributed by atoms with Gasteiger partial charge in [-0.2, -0.15) is 0 Å². The Balaban J connectivity index is 1.59. The van der Waals surface area contributed by atoms with Gasteiger partial charge in [0.25, 0.3) is 5.91 Å². The van der Waals surface area contributed by atoms with Gasteiger partial charge in [-0.25, -0.2) is 15.0 Å². The van der Waals surface area contributed by atoms with Crippen LogP contribution >= 0.6 is 23.2 Å². The first kappa shape index (κ1) is 20.2. The van der Waals surface area contributed by atoms with E-state index in [9.17, 15) is 9.90 Å². The van der Waals surface area contributed by atoms with E-state index in [1.807, 2.05) is 6.07 Å². The molecule has 0 unspecified atom stereocenters. The number of pyridine rings is 3. The molecular formula is C22H14Cl2N6O2. The zero-order chi connectivity index (χ0) is 22.2. The average molecular weight is 465 g/mol. The summed E-state index contributed by atoms with van der Waals surface area (Å²) in [6.45, 7) is 0.144. The first-order chi connectivity index (χ1) is 15.5. The molecule has 8 nitrogen and oxygen atoms in total. The lowest BCUT2D eigenvalue weighted by Gasteiger charge is -2.12. The van der Waals surface area contributed by atoms with Crippen LogP contribution in [0.15, 0.2) is 61.2 Å². The number of imidazole rings is 1. The topological polar surface area (TPSA) is 106 Å². The quantitative estimate of drug-likeness (QED) is 0.410. The van der Waals surface area contributed by atoms with E-state index in [0.717, 1.165) is 0 Å². The van der Waals surface area contributed by atoms with Crippen LogP contribution in [0.2, 0.25) is 10.0 Å². The van der Waals surface area contributed by atoms with E-state index in [2.05, 4.69) is 25.3 Å². The molecule has 1 amide bonds. The highest BCUT2D eigenvalue weighted by atomic mass is 35.5. The van der Waals surface area contributed by atoms with Crippen molar-refractivity contribution in [3.63, 3.8) is 0 Å². The van der Waals surface area contributed by atoms with Crippen molar-refractivity contribution in [3.05, 3.63) is 82.5 Å². The molecule has 32 heavy (non-hydrogen) atoms. The molecule has 0 saturated carbocycles. The lowest BCUT2D eigenvalue weighted by molar-refractivity contribution is 0.0943. The van der Waals surface area contributed by atoms with Gasteiger partial charge in [0, 0.05) is 34.4 Å². The van der Waals surface area contributed by atoms with E-state index in [4.69, 9.17) is 23.2 Å². The standard InChI is InChI=1S/C22H14Cl2N6O2/c23-13-7-12(8-14(24)9-13)10-27-22(32)18-19(31)17-15(3-1-5-25-17)20(29-18)30-11-28-16-4-2-6-26-21(16)30/h1-9,11,31H,10H2,(H,27,32). The number of fused-ring (bicyclic) bond motifs is 2. The molecule has 4 heterocycles. The summed E-state index contributed by atoms with van der Waals surface area (Å²) in [7, 11) is 0. The van der Waals surface area contributed by atoms with E-state index in [-0.39, 0.29) is 23.5 Å². The third-order valence-electron chi connectivity index (χ3n) is 4.84. The van der Waals surface area contributed by atoms with Crippen LogP contribution < -0.4 is 5.32 Å². The summed E-state index contributed by atoms with van der Waals surface area (Å²) in [4.78, 5) is 30.4. The Morgan fingerprint density at radius 1 is 1.03 bits per heavy atom. The summed E-state index contributed by atoms with van der Waals surface area (Å²) in [5, 5.41) is 15.0. The zero-order valence-corrected chi connectivity index (χ0v) is 17.8. The summed E-state index contributed by atoms with van der Waals surface area (Å²) in [5.41, 5.74) is 2.02. The molecule has 0 radical (unpaired) electrons. The molecule has 10 heteroatoms. The number of halogens is 2. The normalized spacial score (nSPS) is 11.2. The Hall–Kier alpha value is -3.75. The maximum Gasteiger partial charge on any atom is 0.274 e. The number of nitrogens with zero attached hydrogens (tertiary/aromatic N) is 5. The number of amides is 1. The molecule has 4 aromatic heterocycles. The van der Waals surface area contributed by atoms with Crippen molar-refractivity contribution in [1.29, 1.82) is 0 Å². The number of carbonyl (C=O) groups excluding carboxylic acids is 1. The van der Waals surface area contributed by atoms with Gasteiger partial charge < -0.3 is 10.4 Å². The van der Waals surface area contributed by atoms with Gasteiger partial charge in [0.05, 0.1) is 0 Å². The zero-order valence-electron chi connectivity index (χ0n) is 16.3. The Bertz CT molecular complexity index is 1480. The second-order valence-corrected chi connectivity index (χ2v) is 7.83. The molecule has 1 aromatic carbocycles. The monoisotopic (exact) mass is 464 g/mol. The van der Waals surface area contributed by atoms with Crippen molar-refractivity contribution in [3.8, 4) is 11.6 Å². The SMILES string of the molecule is O=C(NCc1cc(Cl)cc(Cl)c1)c1nc(-n2cnc3cccnc32)c2cccnc2c1O. The molecule has 0 aliphatic carbocycles. The minimum absolute atomic E-state index is 0.144. The van der Waals surface area contributed by atoms with Gasteiger partial charge in [-0.15, -0.1) is 0 Å². The van der Waals surface area contributed by atoms with Crippen LogP contribution in [0.1, 0.15) is 16.1 Å². The minimum Gasteiger partial charge on any atom is -0.504 e. The average Bonchev–Trinajstić information content (AvgIpc) is 3.21. The molecule has 0 bridgehead atoms. The second-order valence-electron chi connectivity index (χ2n) is 6.95. The fourth-order valence-electron chi connectivity index (χ4n) is 3.43. The molecule has 0 aliphatic rings. The molecule has 158 valence electrons. The van der Waals surface area contributed by atoms with Crippen molar-refractivity contribution in [2.24, 2.45) is 0 Å². The van der Waals surface area contributed by atoms with Gasteiger partial charge in [0.15, 0.2) is 17.1 Å². The van der Waals surface area contributed by atoms with E-state index in [1.165, 1.54) is 6.20 Å². The highest BCUT2D eigenvalue weighted by molar-refractivity contribution is 6.34. The van der Waals surface area contributed by atoms with Crippen LogP contribution in [0.25, 0.3) is 27.9 Å². The van der Waals surface area contributed by atoms with Crippen molar-refractivity contribution in [2.75, 3.05) is 0 Å². The Morgan fingerprint density at radius 3 is 2.59 bits per heavy atom. The Morgan fingerprint density at radius 2 is 1.78 bits per heavy atom. The molecule has 0 aliphatic heterocycles. The molecule has 5 rings (SSSR count). The second kappa shape index (κ2) is 8.07. The van der Waals surface area contributed by atoms with E-state index in [1.54, 1.807) is 53.5 Å². The molecule has 2 N–H and O–H groups in total. The van der Waals surface area contributed by atoms with Gasteiger partial charge in [-0.1, -0.05) is 23.2 Å². The minimum atomic E-state index is -0.579. The van der Waals surface area contributed by atoms with Gasteiger partial charge in [-0.05, 0) is 48.0 Å². The number of aromatic hydroxyl groups is 1. The van der Waals surface area contributed by atoms with Crippen molar-refractivity contribution in [1.82, 2.24) is 29.8 Å². The van der Waals surface area contributed by atoms with Crippen LogP contribution in [-0.4, -0.2) is 35.5 Å². The number of aromatic nitrogens is 5. The smallest absolute Gasteiger partial charge is 0.274 e. The molecular weight excluding hydrogens is 451 g/mol. The fraction of sp³-hybridized carbons (Fsp3) is 0.0455. The maximum atomic E-state index is 13.0. The fourth-order valence-corrected chi connectivity index (χ4v) is 4.00. The van der Waals surface area contributed by atoms with Crippen molar-refractivity contribution >= 4 is 51.2 Å². The van der Waals surface area contributed by atoms with Gasteiger partial charge in [0.1, 0.15) is 23.2 Å². The third-order valence-corrected chi connectivity index (χ3v) is 5.28. The molecule has 0 fully saturated rings. The van der Waals surface area contributed by atoms with Crippen LogP contribution in [0.4, 0.5) is 0 Å². The number of carbonyl (C=O) groups is 1. The number of hydrogen-bond acceptors (Lipinski definition) is 6. The van der Waals surface area contributed by atoms with Crippen molar-refractivity contribution in [2.45, 2.75) is 6.54 Å². The highest BCUT2D eigenvalue weighted by Crippen LogP contribution is 2.31. The summed E-state index contributed by atoms with van der Waals surface area (Å²) < 4.78 is 1.66. The van der Waals surface area contributed by atoms with Gasteiger partial charge in [-0.3, -0.25) is 14.3 Å². The van der Waals surface area contributed by atoms with Crippen LogP contribution in [0.5, 0.6) is 5.75 Å². The van der Waals surface area contributed by atoms with Crippen molar-refractivity contribution < 1.29 is 9.90 Å². The predicted molar refractivity (Wildman–Crippen MR) is 121 cm³/mol. The summed E-state index contributed by atoms with van der Waals surface area (Å²) in [6.07, 6.45) is 4.75. The highest BCUT2D eigenvalue weighted by Gasteiger charge is 2.22. The summed E-state index contributed by atoms with van der Waals surface area (Å²) in [6, 6.07) is 12.1. The molecule has 0 saturated heterocycles. The molecule has 0 spiro atoms. The first-order valence-corrected chi connectivity index (χ1v) is 10.3.